The van der Waals surface area contributed by atoms with E-state index in [1.807, 2.05) is 0 Å². The third kappa shape index (κ3) is 3.62. The molecule has 92 valence electrons. The van der Waals surface area contributed by atoms with Gasteiger partial charge in [-0.05, 0) is 25.5 Å². The Kier molecular flexibility index (Phi) is 4.31. The zero-order chi connectivity index (χ0) is 13.0. The third-order valence-electron chi connectivity index (χ3n) is 2.23. The van der Waals surface area contributed by atoms with Gasteiger partial charge in [-0.15, -0.1) is 0 Å². The second-order valence-electron chi connectivity index (χ2n) is 3.77. The van der Waals surface area contributed by atoms with Gasteiger partial charge in [-0.25, -0.2) is 8.78 Å². The Balaban J connectivity index is 3.07. The van der Waals surface area contributed by atoms with Gasteiger partial charge in [0.1, 0.15) is 5.78 Å². The van der Waals surface area contributed by atoms with Crippen LogP contribution in [0.5, 0.6) is 0 Å². The summed E-state index contributed by atoms with van der Waals surface area (Å²) in [7, 11) is 0. The van der Waals surface area contributed by atoms with Crippen molar-refractivity contribution in [2.45, 2.75) is 26.7 Å². The molecule has 0 saturated carbocycles. The predicted octanol–water partition coefficient (Wildman–Crippen LogP) is 2.44. The molecule has 1 aromatic rings. The number of amides is 1. The molecule has 0 atom stereocenters. The Hall–Kier alpha value is -1.78. The van der Waals surface area contributed by atoms with Gasteiger partial charge in [0.05, 0.1) is 0 Å². The quantitative estimate of drug-likeness (QED) is 0.880. The van der Waals surface area contributed by atoms with E-state index in [4.69, 9.17) is 0 Å². The van der Waals surface area contributed by atoms with Crippen molar-refractivity contribution in [1.29, 1.82) is 0 Å². The molecule has 0 radical (unpaired) electrons. The molecule has 0 saturated heterocycles. The molecule has 0 aromatic heterocycles. The first-order valence-corrected chi connectivity index (χ1v) is 5.15. The first-order chi connectivity index (χ1) is 7.91. The van der Waals surface area contributed by atoms with Crippen LogP contribution in [0.4, 0.5) is 14.5 Å². The van der Waals surface area contributed by atoms with Crippen molar-refractivity contribution < 1.29 is 18.4 Å². The molecule has 0 aliphatic heterocycles. The van der Waals surface area contributed by atoms with Crippen LogP contribution in [0, 0.1) is 11.6 Å². The SMILES string of the molecule is CC(=O)CCc1c(NC(C)=O)ccc(F)c1F. The molecule has 3 nitrogen and oxygen atoms in total. The van der Waals surface area contributed by atoms with Crippen LogP contribution in [-0.2, 0) is 16.0 Å². The smallest absolute Gasteiger partial charge is 0.221 e. The third-order valence-corrected chi connectivity index (χ3v) is 2.23. The lowest BCUT2D eigenvalue weighted by Crippen LogP contribution is -2.11. The maximum absolute atomic E-state index is 13.5. The first kappa shape index (κ1) is 13.3. The van der Waals surface area contributed by atoms with Crippen LogP contribution < -0.4 is 5.32 Å². The lowest BCUT2D eigenvalue weighted by molar-refractivity contribution is -0.117. The van der Waals surface area contributed by atoms with Crippen molar-refractivity contribution in [1.82, 2.24) is 0 Å². The van der Waals surface area contributed by atoms with E-state index >= 15 is 0 Å². The number of nitrogens with one attached hydrogen (secondary N) is 1. The number of carbonyl (C=O) groups excluding carboxylic acids is 2. The van der Waals surface area contributed by atoms with Gasteiger partial charge in [0.2, 0.25) is 5.91 Å². The minimum atomic E-state index is -1.02. The van der Waals surface area contributed by atoms with Crippen molar-refractivity contribution in [2.75, 3.05) is 5.32 Å². The van der Waals surface area contributed by atoms with E-state index in [1.165, 1.54) is 19.9 Å². The van der Waals surface area contributed by atoms with Crippen LogP contribution in [0.3, 0.4) is 0 Å². The van der Waals surface area contributed by atoms with Gasteiger partial charge in [0, 0.05) is 24.6 Å². The van der Waals surface area contributed by atoms with Gasteiger partial charge in [0.25, 0.3) is 0 Å². The molecule has 5 heteroatoms. The standard InChI is InChI=1S/C12H13F2NO2/c1-7(16)3-4-9-11(15-8(2)17)6-5-10(13)12(9)14/h5-6H,3-4H2,1-2H3,(H,15,17). The fraction of sp³-hybridized carbons (Fsp3) is 0.333. The number of hydrogen-bond acceptors (Lipinski definition) is 2. The van der Waals surface area contributed by atoms with Gasteiger partial charge in [-0.1, -0.05) is 0 Å². The number of carbonyl (C=O) groups is 2. The summed E-state index contributed by atoms with van der Waals surface area (Å²) in [6.07, 6.45) is 0.168. The summed E-state index contributed by atoms with van der Waals surface area (Å²) in [5.74, 6) is -2.50. The number of halogens is 2. The molecule has 0 fully saturated rings. The number of ketones is 1. The zero-order valence-electron chi connectivity index (χ0n) is 9.64. The van der Waals surface area contributed by atoms with Crippen molar-refractivity contribution in [3.8, 4) is 0 Å². The second-order valence-corrected chi connectivity index (χ2v) is 3.77. The lowest BCUT2D eigenvalue weighted by Gasteiger charge is -2.10. The van der Waals surface area contributed by atoms with Crippen LogP contribution in [0.25, 0.3) is 0 Å². The summed E-state index contributed by atoms with van der Waals surface area (Å²) in [4.78, 5) is 21.7. The van der Waals surface area contributed by atoms with Gasteiger partial charge < -0.3 is 10.1 Å². The summed E-state index contributed by atoms with van der Waals surface area (Å²) >= 11 is 0. The number of hydrogen-bond donors (Lipinski definition) is 1. The summed E-state index contributed by atoms with van der Waals surface area (Å²) in [6, 6.07) is 2.23. The van der Waals surface area contributed by atoms with E-state index in [-0.39, 0.29) is 35.8 Å². The van der Waals surface area contributed by atoms with Crippen molar-refractivity contribution in [3.05, 3.63) is 29.3 Å². The fourth-order valence-corrected chi connectivity index (χ4v) is 1.44. The Labute approximate surface area is 97.8 Å². The van der Waals surface area contributed by atoms with Gasteiger partial charge in [-0.3, -0.25) is 4.79 Å². The minimum absolute atomic E-state index is 0.0235. The van der Waals surface area contributed by atoms with Gasteiger partial charge in [-0.2, -0.15) is 0 Å². The molecule has 1 rings (SSSR count). The lowest BCUT2D eigenvalue weighted by atomic mass is 10.0. The van der Waals surface area contributed by atoms with E-state index in [9.17, 15) is 18.4 Å². The molecular weight excluding hydrogens is 228 g/mol. The van der Waals surface area contributed by atoms with Crippen LogP contribution in [-0.4, -0.2) is 11.7 Å². The summed E-state index contributed by atoms with van der Waals surface area (Å²) in [5.41, 5.74) is 0.230. The molecule has 0 spiro atoms. The molecule has 0 bridgehead atoms. The molecular formula is C12H13F2NO2. The normalized spacial score (nSPS) is 10.1. The summed E-state index contributed by atoms with van der Waals surface area (Å²) < 4.78 is 26.6. The predicted molar refractivity (Wildman–Crippen MR) is 59.7 cm³/mol. The van der Waals surface area contributed by atoms with E-state index in [0.717, 1.165) is 6.07 Å². The van der Waals surface area contributed by atoms with E-state index in [1.54, 1.807) is 0 Å². The topological polar surface area (TPSA) is 46.2 Å². The Morgan fingerprint density at radius 1 is 1.24 bits per heavy atom. The number of rotatable bonds is 4. The highest BCUT2D eigenvalue weighted by Crippen LogP contribution is 2.23. The van der Waals surface area contributed by atoms with E-state index in [0.29, 0.717) is 0 Å². The highest BCUT2D eigenvalue weighted by Gasteiger charge is 2.14. The van der Waals surface area contributed by atoms with Crippen LogP contribution in [0.1, 0.15) is 25.8 Å². The molecule has 0 unspecified atom stereocenters. The molecule has 17 heavy (non-hydrogen) atoms. The Morgan fingerprint density at radius 2 is 1.88 bits per heavy atom. The average Bonchev–Trinajstić information content (AvgIpc) is 2.22. The second kappa shape index (κ2) is 5.52. The number of benzene rings is 1. The van der Waals surface area contributed by atoms with E-state index < -0.39 is 11.6 Å². The molecule has 1 amide bonds. The monoisotopic (exact) mass is 241 g/mol. The molecule has 0 heterocycles. The molecule has 1 aromatic carbocycles. The van der Waals surface area contributed by atoms with E-state index in [2.05, 4.69) is 5.32 Å². The first-order valence-electron chi connectivity index (χ1n) is 5.15. The number of Topliss-reactive ketones (excluding diaryl/α,β-unsaturated/α-hetero) is 1. The highest BCUT2D eigenvalue weighted by atomic mass is 19.2. The maximum atomic E-state index is 13.5. The van der Waals surface area contributed by atoms with Gasteiger partial charge in [0.15, 0.2) is 11.6 Å². The fourth-order valence-electron chi connectivity index (χ4n) is 1.44. The molecule has 1 N–H and O–H groups in total. The van der Waals surface area contributed by atoms with Crippen molar-refractivity contribution in [2.24, 2.45) is 0 Å². The number of anilines is 1. The van der Waals surface area contributed by atoms with Crippen LogP contribution in [0.2, 0.25) is 0 Å². The highest BCUT2D eigenvalue weighted by molar-refractivity contribution is 5.89. The average molecular weight is 241 g/mol. The Morgan fingerprint density at radius 3 is 2.41 bits per heavy atom. The largest absolute Gasteiger partial charge is 0.326 e. The van der Waals surface area contributed by atoms with Crippen molar-refractivity contribution in [3.63, 3.8) is 0 Å². The van der Waals surface area contributed by atoms with Crippen LogP contribution >= 0.6 is 0 Å². The maximum Gasteiger partial charge on any atom is 0.221 e. The Bertz CT molecular complexity index is 458. The van der Waals surface area contributed by atoms with Crippen molar-refractivity contribution >= 4 is 17.4 Å². The van der Waals surface area contributed by atoms with Crippen LogP contribution in [0.15, 0.2) is 12.1 Å². The summed E-state index contributed by atoms with van der Waals surface area (Å²) in [5, 5.41) is 2.41. The minimum Gasteiger partial charge on any atom is -0.326 e. The molecule has 0 aliphatic carbocycles. The zero-order valence-corrected chi connectivity index (χ0v) is 9.64. The van der Waals surface area contributed by atoms with Gasteiger partial charge >= 0.3 is 0 Å². The summed E-state index contributed by atoms with van der Waals surface area (Å²) in [6.45, 7) is 2.64. The molecule has 0 aliphatic rings.